The number of carbonyl (C=O) groups is 3. The Balaban J connectivity index is 1.76. The molecule has 0 unspecified atom stereocenters. The van der Waals surface area contributed by atoms with E-state index in [-0.39, 0.29) is 42.2 Å². The number of nitrogens with zero attached hydrogens (tertiary/aromatic N) is 1. The highest BCUT2D eigenvalue weighted by atomic mass is 16.7. The van der Waals surface area contributed by atoms with Crippen LogP contribution in [0.1, 0.15) is 50.5 Å². The number of methoxy groups -OCH3 is 1. The Morgan fingerprint density at radius 3 is 2.61 bits per heavy atom. The maximum atomic E-state index is 13.3. The largest absolute Gasteiger partial charge is 0.493 e. The van der Waals surface area contributed by atoms with Crippen molar-refractivity contribution in [2.75, 3.05) is 27.1 Å². The molecular weight excluding hydrogens is 494 g/mol. The van der Waals surface area contributed by atoms with Gasteiger partial charge in [-0.3, -0.25) is 14.4 Å². The number of ketones is 1. The monoisotopic (exact) mass is 529 g/mol. The fourth-order valence-corrected chi connectivity index (χ4v) is 4.27. The van der Waals surface area contributed by atoms with Gasteiger partial charge in [-0.1, -0.05) is 25.1 Å². The molecule has 0 aliphatic carbocycles. The predicted octanol–water partition coefficient (Wildman–Crippen LogP) is 4.00. The van der Waals surface area contributed by atoms with Gasteiger partial charge in [0.05, 0.1) is 19.6 Å². The molecule has 1 aliphatic rings. The van der Waals surface area contributed by atoms with Gasteiger partial charge in [-0.15, -0.1) is 0 Å². The summed E-state index contributed by atoms with van der Waals surface area (Å²) in [7, 11) is 1.41. The number of hydrogen-bond donors (Lipinski definition) is 0. The van der Waals surface area contributed by atoms with Crippen molar-refractivity contribution < 1.29 is 42.8 Å². The molecule has 4 atom stereocenters. The molecule has 10 heteroatoms. The van der Waals surface area contributed by atoms with Crippen molar-refractivity contribution in [2.45, 2.75) is 52.2 Å². The molecule has 1 aromatic carbocycles. The van der Waals surface area contributed by atoms with Crippen molar-refractivity contribution in [3.8, 4) is 17.2 Å². The van der Waals surface area contributed by atoms with E-state index in [0.717, 1.165) is 6.42 Å². The first-order valence-electron chi connectivity index (χ1n) is 12.7. The number of para-hydroxylation sites is 1. The van der Waals surface area contributed by atoms with Crippen molar-refractivity contribution in [3.05, 3.63) is 48.3 Å². The molecule has 1 fully saturated rings. The average Bonchev–Trinajstić information content (AvgIpc) is 2.91. The number of ether oxygens (including phenoxy) is 6. The molecule has 0 amide bonds. The Bertz CT molecular complexity index is 1080. The fourth-order valence-electron chi connectivity index (χ4n) is 4.27. The number of esters is 2. The number of cyclic esters (lactones) is 1. The molecule has 10 nitrogen and oxygen atoms in total. The third-order valence-electron chi connectivity index (χ3n) is 6.30. The maximum Gasteiger partial charge on any atom is 0.312 e. The average molecular weight is 530 g/mol. The molecule has 0 saturated carbocycles. The highest BCUT2D eigenvalue weighted by Gasteiger charge is 2.35. The van der Waals surface area contributed by atoms with Crippen LogP contribution in [-0.4, -0.2) is 62.0 Å². The number of benzene rings is 1. The summed E-state index contributed by atoms with van der Waals surface area (Å²) in [4.78, 5) is 41.8. The standard InChI is InChI=1S/C28H35NO9/c1-5-20-12-14-34-16-21(28(32)37-18(2)26(20)38-22-9-7-6-8-10-22)15-23(31)25-27(36-17-35-19(3)30)24(33-4)11-13-29-25/h6-11,13,18,20-21,26H,5,12,14-17H2,1-4H3/t18-,20-,21-,26-/m0/s1. The number of pyridine rings is 1. The van der Waals surface area contributed by atoms with Gasteiger partial charge in [0.2, 0.25) is 6.79 Å². The summed E-state index contributed by atoms with van der Waals surface area (Å²) >= 11 is 0. The molecule has 3 rings (SSSR count). The lowest BCUT2D eigenvalue weighted by molar-refractivity contribution is -0.163. The normalized spacial score (nSPS) is 22.1. The van der Waals surface area contributed by atoms with E-state index in [4.69, 9.17) is 28.4 Å². The SMILES string of the molecule is CC[C@H]1CCOC[C@H](CC(=O)c2nccc(OC)c2OCOC(C)=O)C(=O)O[C@@H](C)[C@@H]1Oc1ccccc1. The zero-order valence-electron chi connectivity index (χ0n) is 22.2. The summed E-state index contributed by atoms with van der Waals surface area (Å²) in [5, 5.41) is 0. The first kappa shape index (κ1) is 28.9. The molecule has 1 aromatic heterocycles. The Morgan fingerprint density at radius 1 is 1.16 bits per heavy atom. The van der Waals surface area contributed by atoms with Gasteiger partial charge < -0.3 is 28.4 Å². The Morgan fingerprint density at radius 2 is 1.92 bits per heavy atom. The van der Waals surface area contributed by atoms with Crippen molar-refractivity contribution >= 4 is 17.7 Å². The van der Waals surface area contributed by atoms with Crippen molar-refractivity contribution in [3.63, 3.8) is 0 Å². The van der Waals surface area contributed by atoms with E-state index in [1.54, 1.807) is 6.92 Å². The molecule has 38 heavy (non-hydrogen) atoms. The predicted molar refractivity (Wildman–Crippen MR) is 136 cm³/mol. The number of carbonyl (C=O) groups excluding carboxylic acids is 3. The van der Waals surface area contributed by atoms with Crippen LogP contribution in [0.2, 0.25) is 0 Å². The third-order valence-corrected chi connectivity index (χ3v) is 6.30. The Kier molecular flexibility index (Phi) is 10.9. The molecule has 0 N–H and O–H groups in total. The van der Waals surface area contributed by atoms with Crippen LogP contribution in [0.3, 0.4) is 0 Å². The van der Waals surface area contributed by atoms with E-state index < -0.39 is 36.5 Å². The topological polar surface area (TPSA) is 119 Å². The number of aromatic nitrogens is 1. The van der Waals surface area contributed by atoms with Gasteiger partial charge in [0.15, 0.2) is 23.0 Å². The number of Topliss-reactive ketones (excluding diaryl/α,β-unsaturated/α-hetero) is 1. The summed E-state index contributed by atoms with van der Waals surface area (Å²) in [6, 6.07) is 10.9. The van der Waals surface area contributed by atoms with Gasteiger partial charge in [-0.05, 0) is 31.9 Å². The molecule has 0 bridgehead atoms. The van der Waals surface area contributed by atoms with Crippen molar-refractivity contribution in [1.82, 2.24) is 4.98 Å². The minimum absolute atomic E-state index is 0.0193. The smallest absolute Gasteiger partial charge is 0.312 e. The zero-order chi connectivity index (χ0) is 27.5. The Hall–Kier alpha value is -3.66. The van der Waals surface area contributed by atoms with Crippen LogP contribution in [0.15, 0.2) is 42.6 Å². The first-order chi connectivity index (χ1) is 18.3. The molecule has 0 spiro atoms. The maximum absolute atomic E-state index is 13.3. The van der Waals surface area contributed by atoms with Crippen LogP contribution in [0.25, 0.3) is 0 Å². The summed E-state index contributed by atoms with van der Waals surface area (Å²) in [6.07, 6.45) is 1.76. The zero-order valence-corrected chi connectivity index (χ0v) is 22.2. The summed E-state index contributed by atoms with van der Waals surface area (Å²) in [6.45, 7) is 5.11. The molecular formula is C28H35NO9. The van der Waals surface area contributed by atoms with Gasteiger partial charge in [0, 0.05) is 38.1 Å². The molecule has 2 aromatic rings. The summed E-state index contributed by atoms with van der Waals surface area (Å²) in [5.41, 5.74) is -0.0502. The minimum atomic E-state index is -0.866. The van der Waals surface area contributed by atoms with E-state index in [1.165, 1.54) is 26.3 Å². The van der Waals surface area contributed by atoms with E-state index in [1.807, 2.05) is 30.3 Å². The van der Waals surface area contributed by atoms with Crippen LogP contribution in [0, 0.1) is 11.8 Å². The lowest BCUT2D eigenvalue weighted by Gasteiger charge is -2.33. The summed E-state index contributed by atoms with van der Waals surface area (Å²) in [5.74, 6) is -1.39. The fraction of sp³-hybridized carbons (Fsp3) is 0.500. The van der Waals surface area contributed by atoms with E-state index in [0.29, 0.717) is 18.8 Å². The second-order valence-electron chi connectivity index (χ2n) is 8.98. The van der Waals surface area contributed by atoms with Crippen LogP contribution < -0.4 is 14.2 Å². The Labute approximate surface area is 222 Å². The van der Waals surface area contributed by atoms with E-state index >= 15 is 0 Å². The van der Waals surface area contributed by atoms with Crippen LogP contribution in [0.4, 0.5) is 0 Å². The lowest BCUT2D eigenvalue weighted by atomic mass is 9.92. The highest BCUT2D eigenvalue weighted by molar-refractivity contribution is 5.99. The third kappa shape index (κ3) is 7.92. The number of hydrogen-bond acceptors (Lipinski definition) is 10. The van der Waals surface area contributed by atoms with Crippen LogP contribution in [-0.2, 0) is 23.8 Å². The summed E-state index contributed by atoms with van der Waals surface area (Å²) < 4.78 is 33.5. The minimum Gasteiger partial charge on any atom is -0.493 e. The van der Waals surface area contributed by atoms with Crippen molar-refractivity contribution in [2.24, 2.45) is 11.8 Å². The molecule has 1 saturated heterocycles. The van der Waals surface area contributed by atoms with Crippen LogP contribution >= 0.6 is 0 Å². The quantitative estimate of drug-likeness (QED) is 0.254. The van der Waals surface area contributed by atoms with Gasteiger partial charge in [-0.2, -0.15) is 0 Å². The number of rotatable bonds is 10. The van der Waals surface area contributed by atoms with Crippen LogP contribution in [0.5, 0.6) is 17.2 Å². The first-order valence-corrected chi connectivity index (χ1v) is 12.7. The van der Waals surface area contributed by atoms with Gasteiger partial charge >= 0.3 is 11.9 Å². The second kappa shape index (κ2) is 14.3. The molecule has 206 valence electrons. The second-order valence-corrected chi connectivity index (χ2v) is 8.98. The molecule has 2 heterocycles. The molecule has 0 radical (unpaired) electrons. The molecule has 1 aliphatic heterocycles. The van der Waals surface area contributed by atoms with E-state index in [2.05, 4.69) is 11.9 Å². The van der Waals surface area contributed by atoms with Gasteiger partial charge in [0.25, 0.3) is 0 Å². The highest BCUT2D eigenvalue weighted by Crippen LogP contribution is 2.32. The van der Waals surface area contributed by atoms with E-state index in [9.17, 15) is 14.4 Å². The van der Waals surface area contributed by atoms with Gasteiger partial charge in [0.1, 0.15) is 18.0 Å². The van der Waals surface area contributed by atoms with Crippen molar-refractivity contribution in [1.29, 1.82) is 0 Å². The van der Waals surface area contributed by atoms with Gasteiger partial charge in [-0.25, -0.2) is 4.98 Å². The lowest BCUT2D eigenvalue weighted by Crippen LogP contribution is -2.42.